The van der Waals surface area contributed by atoms with Gasteiger partial charge >= 0.3 is 5.97 Å². The summed E-state index contributed by atoms with van der Waals surface area (Å²) in [5, 5.41) is 9.26. The van der Waals surface area contributed by atoms with Crippen molar-refractivity contribution in [2.45, 2.75) is 27.3 Å². The number of carbonyl (C=O) groups is 1. The summed E-state index contributed by atoms with van der Waals surface area (Å²) in [6.45, 7) is 6.07. The second-order valence-corrected chi connectivity index (χ2v) is 4.83. The van der Waals surface area contributed by atoms with Gasteiger partial charge in [0.25, 0.3) is 0 Å². The molecule has 0 atom stereocenters. The Morgan fingerprint density at radius 3 is 2.65 bits per heavy atom. The SMILES string of the molecule is COc1c(C)cnc(Cn2ccc(C)c2C(=O)O)c1C. The van der Waals surface area contributed by atoms with Crippen LogP contribution in [-0.4, -0.2) is 27.7 Å². The molecule has 2 aromatic heterocycles. The number of carboxylic acids is 1. The Hall–Kier alpha value is -2.30. The van der Waals surface area contributed by atoms with Crippen LogP contribution >= 0.6 is 0 Å². The monoisotopic (exact) mass is 274 g/mol. The Kier molecular flexibility index (Phi) is 3.79. The van der Waals surface area contributed by atoms with Crippen molar-refractivity contribution < 1.29 is 14.6 Å². The molecule has 2 aromatic rings. The first-order valence-electron chi connectivity index (χ1n) is 6.33. The molecule has 0 amide bonds. The summed E-state index contributed by atoms with van der Waals surface area (Å²) in [5.74, 6) is -0.125. The van der Waals surface area contributed by atoms with Crippen LogP contribution in [0.5, 0.6) is 5.75 Å². The highest BCUT2D eigenvalue weighted by Crippen LogP contribution is 2.25. The molecule has 0 spiro atoms. The van der Waals surface area contributed by atoms with E-state index in [0.717, 1.165) is 28.1 Å². The van der Waals surface area contributed by atoms with Gasteiger partial charge in [0.05, 0.1) is 19.3 Å². The van der Waals surface area contributed by atoms with Crippen LogP contribution in [0.15, 0.2) is 18.5 Å². The van der Waals surface area contributed by atoms with Gasteiger partial charge in [-0.3, -0.25) is 4.98 Å². The molecule has 0 saturated heterocycles. The molecule has 0 aliphatic carbocycles. The van der Waals surface area contributed by atoms with E-state index in [0.29, 0.717) is 12.2 Å². The quantitative estimate of drug-likeness (QED) is 0.930. The normalized spacial score (nSPS) is 10.6. The maximum Gasteiger partial charge on any atom is 0.352 e. The lowest BCUT2D eigenvalue weighted by Crippen LogP contribution is -2.12. The Morgan fingerprint density at radius 1 is 1.35 bits per heavy atom. The first-order chi connectivity index (χ1) is 9.45. The smallest absolute Gasteiger partial charge is 0.352 e. The fraction of sp³-hybridized carbons (Fsp3) is 0.333. The van der Waals surface area contributed by atoms with Gasteiger partial charge in [-0.1, -0.05) is 0 Å². The van der Waals surface area contributed by atoms with Crippen molar-refractivity contribution in [3.63, 3.8) is 0 Å². The standard InChI is InChI=1S/C15H18N2O3/c1-9-5-6-17(13(9)15(18)19)8-12-11(3)14(20-4)10(2)7-16-12/h5-7H,8H2,1-4H3,(H,18,19). The fourth-order valence-corrected chi connectivity index (χ4v) is 2.40. The first kappa shape index (κ1) is 14.1. The summed E-state index contributed by atoms with van der Waals surface area (Å²) in [6.07, 6.45) is 3.52. The summed E-state index contributed by atoms with van der Waals surface area (Å²) in [4.78, 5) is 15.7. The number of carboxylic acid groups (broad SMARTS) is 1. The van der Waals surface area contributed by atoms with E-state index in [9.17, 15) is 9.90 Å². The van der Waals surface area contributed by atoms with Gasteiger partial charge in [0.15, 0.2) is 0 Å². The van der Waals surface area contributed by atoms with Crippen LogP contribution in [0.2, 0.25) is 0 Å². The van der Waals surface area contributed by atoms with E-state index in [1.807, 2.05) is 13.8 Å². The van der Waals surface area contributed by atoms with Crippen molar-refractivity contribution in [1.82, 2.24) is 9.55 Å². The molecule has 2 rings (SSSR count). The second kappa shape index (κ2) is 5.36. The largest absolute Gasteiger partial charge is 0.496 e. The van der Waals surface area contributed by atoms with E-state index in [2.05, 4.69) is 4.98 Å². The van der Waals surface area contributed by atoms with Crippen LogP contribution in [0, 0.1) is 20.8 Å². The molecule has 0 fully saturated rings. The highest BCUT2D eigenvalue weighted by atomic mass is 16.5. The summed E-state index contributed by atoms with van der Waals surface area (Å²) in [7, 11) is 1.63. The zero-order valence-corrected chi connectivity index (χ0v) is 12.1. The summed E-state index contributed by atoms with van der Waals surface area (Å²) < 4.78 is 7.07. The molecular weight excluding hydrogens is 256 g/mol. The van der Waals surface area contributed by atoms with Gasteiger partial charge in [-0.25, -0.2) is 4.79 Å². The number of aryl methyl sites for hydroxylation is 2. The minimum atomic E-state index is -0.927. The van der Waals surface area contributed by atoms with Crippen LogP contribution in [0.1, 0.15) is 32.9 Å². The van der Waals surface area contributed by atoms with Crippen LogP contribution in [-0.2, 0) is 6.54 Å². The summed E-state index contributed by atoms with van der Waals surface area (Å²) in [6, 6.07) is 1.80. The van der Waals surface area contributed by atoms with Crippen molar-refractivity contribution in [1.29, 1.82) is 0 Å². The molecule has 0 radical (unpaired) electrons. The highest BCUT2D eigenvalue weighted by molar-refractivity contribution is 5.87. The lowest BCUT2D eigenvalue weighted by atomic mass is 10.1. The predicted molar refractivity (Wildman–Crippen MR) is 75.5 cm³/mol. The van der Waals surface area contributed by atoms with E-state index < -0.39 is 5.97 Å². The molecule has 5 heteroatoms. The van der Waals surface area contributed by atoms with Gasteiger partial charge in [-0.15, -0.1) is 0 Å². The van der Waals surface area contributed by atoms with E-state index in [-0.39, 0.29) is 0 Å². The Labute approximate surface area is 117 Å². The minimum absolute atomic E-state index is 0.297. The maximum absolute atomic E-state index is 11.3. The van der Waals surface area contributed by atoms with E-state index in [1.165, 1.54) is 0 Å². The van der Waals surface area contributed by atoms with Crippen LogP contribution < -0.4 is 4.74 Å². The van der Waals surface area contributed by atoms with Crippen LogP contribution in [0.25, 0.3) is 0 Å². The molecule has 0 saturated carbocycles. The number of nitrogens with zero attached hydrogens (tertiary/aromatic N) is 2. The lowest BCUT2D eigenvalue weighted by molar-refractivity contribution is 0.0685. The Bertz CT molecular complexity index is 659. The molecule has 106 valence electrons. The van der Waals surface area contributed by atoms with Gasteiger partial charge in [0.1, 0.15) is 11.4 Å². The number of pyridine rings is 1. The Balaban J connectivity index is 2.43. The van der Waals surface area contributed by atoms with Gasteiger partial charge < -0.3 is 14.4 Å². The van der Waals surface area contributed by atoms with Crippen molar-refractivity contribution >= 4 is 5.97 Å². The number of rotatable bonds is 4. The maximum atomic E-state index is 11.3. The van der Waals surface area contributed by atoms with Gasteiger partial charge in [-0.05, 0) is 32.4 Å². The zero-order valence-electron chi connectivity index (χ0n) is 12.1. The van der Waals surface area contributed by atoms with Crippen molar-refractivity contribution in [2.24, 2.45) is 0 Å². The fourth-order valence-electron chi connectivity index (χ4n) is 2.40. The molecule has 0 aliphatic heterocycles. The first-order valence-corrected chi connectivity index (χ1v) is 6.33. The number of hydrogen-bond acceptors (Lipinski definition) is 3. The number of aromatic carboxylic acids is 1. The van der Waals surface area contributed by atoms with Gasteiger partial charge in [0, 0.05) is 23.5 Å². The lowest BCUT2D eigenvalue weighted by Gasteiger charge is -2.13. The Morgan fingerprint density at radius 2 is 2.05 bits per heavy atom. The number of hydrogen-bond donors (Lipinski definition) is 1. The number of methoxy groups -OCH3 is 1. The average Bonchev–Trinajstić information content (AvgIpc) is 2.75. The minimum Gasteiger partial charge on any atom is -0.496 e. The van der Waals surface area contributed by atoms with Crippen molar-refractivity contribution in [3.05, 3.63) is 46.5 Å². The van der Waals surface area contributed by atoms with Crippen molar-refractivity contribution in [2.75, 3.05) is 7.11 Å². The van der Waals surface area contributed by atoms with E-state index >= 15 is 0 Å². The molecule has 20 heavy (non-hydrogen) atoms. The summed E-state index contributed by atoms with van der Waals surface area (Å²) >= 11 is 0. The molecule has 0 aliphatic rings. The third kappa shape index (κ3) is 2.39. The summed E-state index contributed by atoms with van der Waals surface area (Å²) in [5.41, 5.74) is 3.76. The van der Waals surface area contributed by atoms with Crippen molar-refractivity contribution in [3.8, 4) is 5.75 Å². The third-order valence-corrected chi connectivity index (χ3v) is 3.44. The van der Waals surface area contributed by atoms with Gasteiger partial charge in [-0.2, -0.15) is 0 Å². The van der Waals surface area contributed by atoms with Gasteiger partial charge in [0.2, 0.25) is 0 Å². The molecule has 2 heterocycles. The van der Waals surface area contributed by atoms with Crippen LogP contribution in [0.4, 0.5) is 0 Å². The topological polar surface area (TPSA) is 64.4 Å². The van der Waals surface area contributed by atoms with E-state index in [1.54, 1.807) is 37.1 Å². The molecule has 1 N–H and O–H groups in total. The molecular formula is C15H18N2O3. The third-order valence-electron chi connectivity index (χ3n) is 3.44. The predicted octanol–water partition coefficient (Wildman–Crippen LogP) is 2.56. The highest BCUT2D eigenvalue weighted by Gasteiger charge is 2.16. The molecule has 0 aromatic carbocycles. The molecule has 5 nitrogen and oxygen atoms in total. The van der Waals surface area contributed by atoms with Crippen LogP contribution in [0.3, 0.4) is 0 Å². The van der Waals surface area contributed by atoms with E-state index in [4.69, 9.17) is 4.74 Å². The average molecular weight is 274 g/mol. The second-order valence-electron chi connectivity index (χ2n) is 4.83. The zero-order chi connectivity index (χ0) is 14.9. The number of aromatic nitrogens is 2. The molecule has 0 unspecified atom stereocenters. The number of ether oxygens (including phenoxy) is 1. The molecule has 0 bridgehead atoms.